The van der Waals surface area contributed by atoms with Crippen molar-refractivity contribution >= 4 is 153 Å². The summed E-state index contributed by atoms with van der Waals surface area (Å²) in [6.45, 7) is 6.19. The third kappa shape index (κ3) is 19.2. The first-order valence-corrected chi connectivity index (χ1v) is 53.5. The second-order valence-electron chi connectivity index (χ2n) is 43.4. The number of ketones is 1. The fourth-order valence-electron chi connectivity index (χ4n) is 28.5. The molecule has 33 heteroatoms. The number of pyridine rings is 7. The van der Waals surface area contributed by atoms with E-state index in [9.17, 15) is 45.0 Å². The summed E-state index contributed by atoms with van der Waals surface area (Å²) in [6.07, 6.45) is 62.6. The standard InChI is InChI=1S/2C16H18ClN3O2.4C15H17ClN2O.C8H12O.C7H4BrClN2/c1-10(21)19-6-11-3-16(22,4-12(11)7-19)14-2-13(17)8-20-9-18-5-15(14)20;1-10(21)19-7-11-4-16(22,5-12(11)8-19)15-14(17)3-2-13-6-18-9-20(13)15;2*16-12-4-13(14-7-17-9-18(14)8-12)15(19)5-10-2-1-3-11(10)6-15;2*16-13-5-4-12-8-17-9-18(12)14(13)15(19)6-10-2-1-3-11(10)7-15;9-8-4-6-2-1-3-7(6)5-8;8-6-1-5(9)3-11-4-10-2-7(6)11/h2,5,8-9,11-12,22H,3-4,6-7H2,1H3;2-3,6,9,11-12,22H,4-5,7-8H2,1H3;2*4,7-11,19H,1-3,5-6H2;2*4-5,8-11,19H,1-3,6-7H2;6-7H,1-5H2;1-4H/t2*11-,12+,16?;4*10-,11+,15?;6-,7+;. The highest BCUT2D eigenvalue weighted by atomic mass is 79.9. The van der Waals surface area contributed by atoms with E-state index >= 15 is 0 Å². The molecule has 14 aliphatic rings. The van der Waals surface area contributed by atoms with Gasteiger partial charge in [-0.1, -0.05) is 165 Å². The van der Waals surface area contributed by atoms with Crippen molar-refractivity contribution in [2.45, 2.75) is 234 Å². The molecule has 28 rings (SSSR count). The summed E-state index contributed by atoms with van der Waals surface area (Å²) in [5.41, 5.74) is 7.09. The molecule has 2 saturated heterocycles. The first-order chi connectivity index (χ1) is 67.2. The molecule has 16 heterocycles. The zero-order valence-electron chi connectivity index (χ0n) is 78.7. The predicted molar refractivity (Wildman–Crippen MR) is 545 cm³/mol. The van der Waals surface area contributed by atoms with Gasteiger partial charge in [0.1, 0.15) is 22.6 Å². The largest absolute Gasteiger partial charge is 0.385 e. The van der Waals surface area contributed by atoms with Gasteiger partial charge in [-0.05, 0) is 249 Å². The highest BCUT2D eigenvalue weighted by Gasteiger charge is 2.56. The van der Waals surface area contributed by atoms with Crippen molar-refractivity contribution in [3.63, 3.8) is 0 Å². The van der Waals surface area contributed by atoms with Crippen LogP contribution in [0.5, 0.6) is 0 Å². The fourth-order valence-corrected chi connectivity index (χ4v) is 31.0. The number of hydrogen-bond acceptors (Lipinski definition) is 16. The van der Waals surface area contributed by atoms with Crippen LogP contribution in [0, 0.1) is 82.9 Å². The first kappa shape index (κ1) is 97.8. The van der Waals surface area contributed by atoms with Crippen molar-refractivity contribution < 1.29 is 45.0 Å². The molecule has 2 amide bonds. The van der Waals surface area contributed by atoms with Crippen molar-refractivity contribution in [2.75, 3.05) is 26.2 Å². The second kappa shape index (κ2) is 39.2. The normalized spacial score (nSPS) is 31.7. The maximum absolute atomic E-state index is 11.5. The molecule has 0 aromatic carbocycles. The lowest BCUT2D eigenvalue weighted by Crippen LogP contribution is -2.32. The van der Waals surface area contributed by atoms with Crippen molar-refractivity contribution in [1.82, 2.24) is 75.5 Å². The molecule has 12 saturated carbocycles. The Hall–Kier alpha value is -8.29. The van der Waals surface area contributed by atoms with Crippen LogP contribution in [-0.4, -0.2) is 150 Å². The van der Waals surface area contributed by atoms with Crippen molar-refractivity contribution in [1.29, 1.82) is 0 Å². The molecular formula is C107H120BrCl7N16O9. The van der Waals surface area contributed by atoms with Gasteiger partial charge >= 0.3 is 0 Å². The molecule has 738 valence electrons. The van der Waals surface area contributed by atoms with E-state index in [1.165, 1.54) is 96.3 Å². The van der Waals surface area contributed by atoms with Crippen LogP contribution < -0.4 is 0 Å². The molecule has 25 nitrogen and oxygen atoms in total. The molecule has 0 bridgehead atoms. The summed E-state index contributed by atoms with van der Waals surface area (Å²) in [7, 11) is 0. The lowest BCUT2D eigenvalue weighted by Gasteiger charge is -2.28. The van der Waals surface area contributed by atoms with Gasteiger partial charge in [0.15, 0.2) is 0 Å². The van der Waals surface area contributed by atoms with Gasteiger partial charge in [-0.25, -0.2) is 34.9 Å². The summed E-state index contributed by atoms with van der Waals surface area (Å²) < 4.78 is 14.3. The van der Waals surface area contributed by atoms with Gasteiger partial charge in [0.05, 0.1) is 195 Å². The Kier molecular flexibility index (Phi) is 27.4. The average molecular weight is 2100 g/mol. The molecule has 6 unspecified atom stereocenters. The predicted octanol–water partition coefficient (Wildman–Crippen LogP) is 22.2. The Morgan fingerprint density at radius 3 is 0.836 bits per heavy atom. The number of aromatic nitrogens is 14. The van der Waals surface area contributed by atoms with Gasteiger partial charge in [0.25, 0.3) is 0 Å². The number of hydrogen-bond donors (Lipinski definition) is 6. The average Bonchev–Trinajstić information content (AvgIpc) is 1.59. The van der Waals surface area contributed by atoms with Gasteiger partial charge in [0.2, 0.25) is 11.8 Å². The summed E-state index contributed by atoms with van der Waals surface area (Å²) in [6, 6.07) is 18.9. The number of amides is 2. The monoisotopic (exact) mass is 2100 g/mol. The fraction of sp³-hybridized carbons (Fsp3) is 0.514. The molecule has 6 N–H and O–H groups in total. The van der Waals surface area contributed by atoms with E-state index in [2.05, 4.69) is 50.8 Å². The number of nitrogens with zero attached hydrogens (tertiary/aromatic N) is 16. The van der Waals surface area contributed by atoms with Crippen molar-refractivity contribution in [3.05, 3.63) is 247 Å². The Labute approximate surface area is 856 Å². The number of fused-ring (bicyclic) bond motifs is 14. The number of carbonyl (C=O) groups excluding carboxylic acids is 3. The van der Waals surface area contributed by atoms with Crippen LogP contribution in [-0.2, 0) is 48.0 Å². The third-order valence-electron chi connectivity index (χ3n) is 34.6. The minimum absolute atomic E-state index is 0.118. The molecule has 20 atom stereocenters. The number of halogens is 8. The van der Waals surface area contributed by atoms with Gasteiger partial charge in [-0.3, -0.25) is 27.6 Å². The molecule has 2 aliphatic heterocycles. The molecule has 12 aliphatic carbocycles. The number of likely N-dealkylation sites (tertiary alicyclic amines) is 2. The van der Waals surface area contributed by atoms with E-state index in [-0.39, 0.29) is 11.8 Å². The zero-order valence-corrected chi connectivity index (χ0v) is 85.5. The number of carbonyl (C=O) groups is 3. The zero-order chi connectivity index (χ0) is 97.2. The minimum atomic E-state index is -0.949. The number of aliphatic hydroxyl groups is 6. The summed E-state index contributed by atoms with van der Waals surface area (Å²) in [5.74, 6) is 9.17. The second-order valence-corrected chi connectivity index (χ2v) is 47.2. The van der Waals surface area contributed by atoms with E-state index < -0.39 is 33.6 Å². The highest BCUT2D eigenvalue weighted by molar-refractivity contribution is 9.10. The molecule has 14 aromatic heterocycles. The van der Waals surface area contributed by atoms with Crippen LogP contribution >= 0.6 is 97.1 Å². The minimum Gasteiger partial charge on any atom is -0.385 e. The maximum Gasteiger partial charge on any atom is 0.219 e. The summed E-state index contributed by atoms with van der Waals surface area (Å²) in [4.78, 5) is 66.7. The van der Waals surface area contributed by atoms with Crippen LogP contribution in [0.1, 0.15) is 234 Å². The highest BCUT2D eigenvalue weighted by Crippen LogP contribution is 2.60. The van der Waals surface area contributed by atoms with Crippen molar-refractivity contribution in [3.8, 4) is 0 Å². The van der Waals surface area contributed by atoms with E-state index in [1.54, 1.807) is 95.3 Å². The van der Waals surface area contributed by atoms with Gasteiger partial charge in [-0.15, -0.1) is 0 Å². The molecule has 14 fully saturated rings. The molecule has 0 radical (unpaired) electrons. The molecule has 14 aromatic rings. The van der Waals surface area contributed by atoms with Crippen LogP contribution in [0.4, 0.5) is 0 Å². The third-order valence-corrected chi connectivity index (χ3v) is 37.0. The van der Waals surface area contributed by atoms with E-state index in [4.69, 9.17) is 81.2 Å². The quantitative estimate of drug-likeness (QED) is 0.0901. The smallest absolute Gasteiger partial charge is 0.219 e. The summed E-state index contributed by atoms with van der Waals surface area (Å²) >= 11 is 46.9. The van der Waals surface area contributed by atoms with Crippen LogP contribution in [0.15, 0.2) is 178 Å². The van der Waals surface area contributed by atoms with E-state index in [1.807, 2.05) is 132 Å². The van der Waals surface area contributed by atoms with Gasteiger partial charge in [0, 0.05) is 98.8 Å². The number of rotatable bonds is 6. The summed E-state index contributed by atoms with van der Waals surface area (Å²) in [5, 5.41) is 71.4. The van der Waals surface area contributed by atoms with Crippen LogP contribution in [0.2, 0.25) is 35.2 Å². The Morgan fingerprint density at radius 1 is 0.314 bits per heavy atom. The lowest BCUT2D eigenvalue weighted by molar-refractivity contribution is -0.129. The van der Waals surface area contributed by atoms with Crippen LogP contribution in [0.25, 0.3) is 38.6 Å². The Morgan fingerprint density at radius 2 is 0.550 bits per heavy atom. The SMILES string of the molecule is CC(=O)N1C[C@@H]2CC(O)(c3c(Cl)ccc4cncn34)C[C@@H]2C1.CC(=O)N1C[C@@H]2CC(O)(c3cc(Cl)cn4cncc34)C[C@@H]2C1.Clc1cc(Br)c2cncn2c1.O=C1C[C@H]2CCC[C@H]2C1.OC1(c2c(Cl)ccc3cncn23)C[C@H]2CCC[C@H]2C1.OC1(c2c(Cl)ccc3cncn23)C[C@H]2CCC[C@H]2C1.OC1(c2cc(Cl)cn3cncc23)C[C@H]2CCC[C@H]2C1.OC1(c2cc(Cl)cn3cncc23)C[C@H]2CCC[C@H]2C1. The van der Waals surface area contributed by atoms with E-state index in [0.717, 1.165) is 179 Å². The van der Waals surface area contributed by atoms with Crippen LogP contribution in [0.3, 0.4) is 0 Å². The Bertz CT molecular complexity index is 6680. The molecule has 0 spiro atoms. The number of imidazole rings is 7. The van der Waals surface area contributed by atoms with Crippen molar-refractivity contribution in [2.24, 2.45) is 82.9 Å². The molecule has 140 heavy (non-hydrogen) atoms. The molecular weight excluding hydrogens is 1980 g/mol. The van der Waals surface area contributed by atoms with E-state index in [0.29, 0.717) is 138 Å². The topological polar surface area (TPSA) is 300 Å². The first-order valence-electron chi connectivity index (χ1n) is 50.0. The Balaban J connectivity index is 0.0000000960. The lowest BCUT2D eigenvalue weighted by atomic mass is 9.89. The number of Topliss-reactive ketones (excluding diaryl/α,β-unsaturated/α-hetero) is 1. The maximum atomic E-state index is 11.5. The van der Waals surface area contributed by atoms with Gasteiger partial charge in [-0.2, -0.15) is 0 Å². The van der Waals surface area contributed by atoms with Gasteiger partial charge < -0.3 is 58.0 Å².